The van der Waals surface area contributed by atoms with Crippen LogP contribution in [-0.2, 0) is 13.6 Å². The minimum Gasteiger partial charge on any atom is -0.310 e. The Morgan fingerprint density at radius 1 is 1.39 bits per heavy atom. The fourth-order valence-electron chi connectivity index (χ4n) is 1.86. The lowest BCUT2D eigenvalue weighted by molar-refractivity contribution is 0.589. The van der Waals surface area contributed by atoms with Gasteiger partial charge in [-0.1, -0.05) is 31.5 Å². The lowest BCUT2D eigenvalue weighted by Gasteiger charge is -2.12. The maximum Gasteiger partial charge on any atom is 0.0568 e. The first-order valence-electron chi connectivity index (χ1n) is 6.07. The molecule has 0 fully saturated rings. The van der Waals surface area contributed by atoms with E-state index in [1.54, 1.807) is 0 Å². The van der Waals surface area contributed by atoms with Gasteiger partial charge in [-0.3, -0.25) is 4.68 Å². The molecule has 2 aromatic rings. The van der Waals surface area contributed by atoms with Crippen molar-refractivity contribution < 1.29 is 0 Å². The fraction of sp³-hybridized carbons (Fsp3) is 0.357. The van der Waals surface area contributed by atoms with E-state index < -0.39 is 0 Å². The molecule has 0 radical (unpaired) electrons. The van der Waals surface area contributed by atoms with Crippen molar-refractivity contribution in [2.24, 2.45) is 7.05 Å². The quantitative estimate of drug-likeness (QED) is 0.918. The first-order valence-corrected chi connectivity index (χ1v) is 6.45. The van der Waals surface area contributed by atoms with E-state index in [4.69, 9.17) is 11.6 Å². The predicted molar refractivity (Wildman–Crippen MR) is 75.6 cm³/mol. The van der Waals surface area contributed by atoms with Gasteiger partial charge in [-0.2, -0.15) is 5.10 Å². The van der Waals surface area contributed by atoms with Crippen LogP contribution < -0.4 is 5.32 Å². The van der Waals surface area contributed by atoms with Gasteiger partial charge < -0.3 is 5.32 Å². The number of hydrogen-bond donors (Lipinski definition) is 1. The summed E-state index contributed by atoms with van der Waals surface area (Å²) in [6.07, 6.45) is 3.89. The second-order valence-electron chi connectivity index (χ2n) is 4.74. The summed E-state index contributed by atoms with van der Waals surface area (Å²) in [5.74, 6) is 0. The number of nitrogens with zero attached hydrogens (tertiary/aromatic N) is 2. The van der Waals surface area contributed by atoms with Crippen LogP contribution in [0.4, 0.5) is 0 Å². The molecule has 18 heavy (non-hydrogen) atoms. The molecular weight excluding hydrogens is 246 g/mol. The molecule has 1 aromatic carbocycles. The number of rotatable bonds is 4. The molecule has 0 unspecified atom stereocenters. The van der Waals surface area contributed by atoms with E-state index in [0.29, 0.717) is 6.04 Å². The third-order valence-corrected chi connectivity index (χ3v) is 3.02. The van der Waals surface area contributed by atoms with Crippen molar-refractivity contribution in [2.75, 3.05) is 0 Å². The topological polar surface area (TPSA) is 29.9 Å². The smallest absolute Gasteiger partial charge is 0.0568 e. The Bertz CT molecular complexity index is 532. The van der Waals surface area contributed by atoms with Gasteiger partial charge in [0.25, 0.3) is 0 Å². The first kappa shape index (κ1) is 13.1. The summed E-state index contributed by atoms with van der Waals surface area (Å²) < 4.78 is 1.81. The molecule has 0 aliphatic rings. The van der Waals surface area contributed by atoms with Crippen LogP contribution in [0.25, 0.3) is 11.1 Å². The van der Waals surface area contributed by atoms with E-state index in [1.807, 2.05) is 36.3 Å². The summed E-state index contributed by atoms with van der Waals surface area (Å²) in [5.41, 5.74) is 3.50. The van der Waals surface area contributed by atoms with E-state index in [-0.39, 0.29) is 0 Å². The van der Waals surface area contributed by atoms with Crippen LogP contribution >= 0.6 is 11.6 Å². The van der Waals surface area contributed by atoms with Crippen molar-refractivity contribution >= 4 is 11.6 Å². The third kappa shape index (κ3) is 3.12. The molecule has 1 heterocycles. The van der Waals surface area contributed by atoms with Gasteiger partial charge in [0.15, 0.2) is 0 Å². The summed E-state index contributed by atoms with van der Waals surface area (Å²) >= 11 is 6.08. The van der Waals surface area contributed by atoms with Gasteiger partial charge in [0.2, 0.25) is 0 Å². The van der Waals surface area contributed by atoms with Gasteiger partial charge in [0.1, 0.15) is 0 Å². The van der Waals surface area contributed by atoms with E-state index in [2.05, 4.69) is 30.3 Å². The average Bonchev–Trinajstić information content (AvgIpc) is 2.73. The average molecular weight is 264 g/mol. The molecule has 0 amide bonds. The van der Waals surface area contributed by atoms with Crippen molar-refractivity contribution in [3.63, 3.8) is 0 Å². The highest BCUT2D eigenvalue weighted by Crippen LogP contribution is 2.26. The van der Waals surface area contributed by atoms with Gasteiger partial charge in [-0.25, -0.2) is 0 Å². The van der Waals surface area contributed by atoms with E-state index >= 15 is 0 Å². The zero-order valence-electron chi connectivity index (χ0n) is 10.9. The van der Waals surface area contributed by atoms with E-state index in [0.717, 1.165) is 17.1 Å². The maximum atomic E-state index is 6.08. The molecule has 0 aliphatic carbocycles. The minimum absolute atomic E-state index is 0.450. The summed E-state index contributed by atoms with van der Waals surface area (Å²) in [4.78, 5) is 0. The van der Waals surface area contributed by atoms with Crippen LogP contribution in [0.2, 0.25) is 5.02 Å². The summed E-state index contributed by atoms with van der Waals surface area (Å²) in [6.45, 7) is 5.07. The van der Waals surface area contributed by atoms with Crippen molar-refractivity contribution in [1.29, 1.82) is 0 Å². The Hall–Kier alpha value is -1.32. The number of hydrogen-bond acceptors (Lipinski definition) is 2. The minimum atomic E-state index is 0.450. The SMILES string of the molecule is CC(C)NCc1cc(Cl)ccc1-c1cnn(C)c1. The van der Waals surface area contributed by atoms with Gasteiger partial charge in [-0.05, 0) is 23.3 Å². The van der Waals surface area contributed by atoms with Crippen LogP contribution in [0.3, 0.4) is 0 Å². The summed E-state index contributed by atoms with van der Waals surface area (Å²) in [6, 6.07) is 6.43. The predicted octanol–water partition coefficient (Wildman–Crippen LogP) is 3.24. The highest BCUT2D eigenvalue weighted by atomic mass is 35.5. The highest BCUT2D eigenvalue weighted by Gasteiger charge is 2.08. The second-order valence-corrected chi connectivity index (χ2v) is 5.18. The van der Waals surface area contributed by atoms with Crippen molar-refractivity contribution in [1.82, 2.24) is 15.1 Å². The number of nitrogens with one attached hydrogen (secondary N) is 1. The summed E-state index contributed by atoms with van der Waals surface area (Å²) in [5, 5.41) is 8.40. The Kier molecular flexibility index (Phi) is 4.04. The van der Waals surface area contributed by atoms with Crippen LogP contribution in [0.15, 0.2) is 30.6 Å². The third-order valence-electron chi connectivity index (χ3n) is 2.78. The molecule has 0 bridgehead atoms. The Morgan fingerprint density at radius 2 is 2.17 bits per heavy atom. The van der Waals surface area contributed by atoms with Gasteiger partial charge >= 0.3 is 0 Å². The molecule has 1 N–H and O–H groups in total. The van der Waals surface area contributed by atoms with Crippen LogP contribution in [-0.4, -0.2) is 15.8 Å². The second kappa shape index (κ2) is 5.55. The Balaban J connectivity index is 2.34. The molecule has 96 valence electrons. The molecule has 1 aromatic heterocycles. The monoisotopic (exact) mass is 263 g/mol. The molecule has 0 atom stereocenters. The Labute approximate surface area is 113 Å². The molecule has 0 saturated heterocycles. The lowest BCUT2D eigenvalue weighted by atomic mass is 10.0. The lowest BCUT2D eigenvalue weighted by Crippen LogP contribution is -2.22. The largest absolute Gasteiger partial charge is 0.310 e. The highest BCUT2D eigenvalue weighted by molar-refractivity contribution is 6.30. The molecule has 3 nitrogen and oxygen atoms in total. The molecule has 0 saturated carbocycles. The van der Waals surface area contributed by atoms with Crippen LogP contribution in [0.1, 0.15) is 19.4 Å². The molecule has 4 heteroatoms. The fourth-order valence-corrected chi connectivity index (χ4v) is 2.06. The normalized spacial score (nSPS) is 11.2. The maximum absolute atomic E-state index is 6.08. The Morgan fingerprint density at radius 3 is 2.78 bits per heavy atom. The number of aryl methyl sites for hydroxylation is 1. The zero-order valence-corrected chi connectivity index (χ0v) is 11.7. The summed E-state index contributed by atoms with van der Waals surface area (Å²) in [7, 11) is 1.92. The number of halogens is 1. The molecule has 0 aliphatic heterocycles. The van der Waals surface area contributed by atoms with Crippen LogP contribution in [0.5, 0.6) is 0 Å². The zero-order chi connectivity index (χ0) is 13.1. The van der Waals surface area contributed by atoms with Crippen molar-refractivity contribution in [2.45, 2.75) is 26.4 Å². The standard InChI is InChI=1S/C14H18ClN3/c1-10(2)16-7-11-6-13(15)4-5-14(11)12-8-17-18(3)9-12/h4-6,8-10,16H,7H2,1-3H3. The van der Waals surface area contributed by atoms with E-state index in [9.17, 15) is 0 Å². The molecule has 0 spiro atoms. The number of aromatic nitrogens is 2. The van der Waals surface area contributed by atoms with Crippen molar-refractivity contribution in [3.8, 4) is 11.1 Å². The van der Waals surface area contributed by atoms with Gasteiger partial charge in [0.05, 0.1) is 6.20 Å². The molecular formula is C14H18ClN3. The number of benzene rings is 1. The van der Waals surface area contributed by atoms with Crippen molar-refractivity contribution in [3.05, 3.63) is 41.2 Å². The van der Waals surface area contributed by atoms with Gasteiger partial charge in [0, 0.05) is 36.4 Å². The van der Waals surface area contributed by atoms with E-state index in [1.165, 1.54) is 11.1 Å². The van der Waals surface area contributed by atoms with Crippen LogP contribution in [0, 0.1) is 0 Å². The van der Waals surface area contributed by atoms with Gasteiger partial charge in [-0.15, -0.1) is 0 Å². The molecule has 2 rings (SSSR count). The first-order chi connectivity index (χ1) is 8.56.